The summed E-state index contributed by atoms with van der Waals surface area (Å²) in [4.78, 5) is 0. The topological polar surface area (TPSA) is 29.5 Å². The largest absolute Gasteiger partial charge is 0.393 e. The van der Waals surface area contributed by atoms with Crippen molar-refractivity contribution < 1.29 is 9.84 Å². The molecule has 2 heteroatoms. The molecule has 0 amide bonds. The maximum Gasteiger partial charge on any atom is 0.0716 e. The molecule has 0 bridgehead atoms. The Morgan fingerprint density at radius 1 is 1.00 bits per heavy atom. The minimum absolute atomic E-state index is 0.00999. The lowest BCUT2D eigenvalue weighted by Crippen LogP contribution is -2.08. The molecule has 1 aliphatic carbocycles. The number of rotatable bonds is 11. The molecule has 1 aromatic carbocycles. The molecule has 1 atom stereocenters. The van der Waals surface area contributed by atoms with Crippen LogP contribution in [0.3, 0.4) is 0 Å². The van der Waals surface area contributed by atoms with Gasteiger partial charge in [-0.15, -0.1) is 0 Å². The van der Waals surface area contributed by atoms with Crippen molar-refractivity contribution in [1.82, 2.24) is 0 Å². The van der Waals surface area contributed by atoms with E-state index in [9.17, 15) is 5.11 Å². The second-order valence-corrected chi connectivity index (χ2v) is 6.00. The maximum absolute atomic E-state index is 9.75. The van der Waals surface area contributed by atoms with Crippen molar-refractivity contribution >= 4 is 0 Å². The number of benzene rings is 1. The maximum atomic E-state index is 9.75. The predicted octanol–water partition coefficient (Wildman–Crippen LogP) is 4.31. The van der Waals surface area contributed by atoms with E-state index < -0.39 is 0 Å². The summed E-state index contributed by atoms with van der Waals surface area (Å²) in [5.74, 6) is 0.640. The van der Waals surface area contributed by atoms with Crippen LogP contribution < -0.4 is 0 Å². The highest BCUT2D eigenvalue weighted by Crippen LogP contribution is 2.34. The number of hydrogen-bond donors (Lipinski definition) is 1. The Morgan fingerprint density at radius 3 is 2.45 bits per heavy atom. The van der Waals surface area contributed by atoms with Gasteiger partial charge in [-0.3, -0.25) is 0 Å². The van der Waals surface area contributed by atoms with E-state index in [1.807, 2.05) is 6.07 Å². The SMILES string of the molecule is OC(CCCCCCCOCc1ccccc1)C1CC1. The van der Waals surface area contributed by atoms with Gasteiger partial charge in [0.05, 0.1) is 12.7 Å². The van der Waals surface area contributed by atoms with Gasteiger partial charge in [-0.2, -0.15) is 0 Å². The van der Waals surface area contributed by atoms with Crippen LogP contribution in [0.15, 0.2) is 30.3 Å². The lowest BCUT2D eigenvalue weighted by atomic mass is 10.1. The van der Waals surface area contributed by atoms with Crippen LogP contribution in [0.2, 0.25) is 0 Å². The van der Waals surface area contributed by atoms with Crippen LogP contribution in [-0.4, -0.2) is 17.8 Å². The average Bonchev–Trinajstić information content (AvgIpc) is 3.31. The normalized spacial score (nSPS) is 16.2. The molecule has 1 unspecified atom stereocenters. The molecule has 1 aliphatic rings. The van der Waals surface area contributed by atoms with Crippen molar-refractivity contribution in [2.75, 3.05) is 6.61 Å². The van der Waals surface area contributed by atoms with Crippen LogP contribution in [0.4, 0.5) is 0 Å². The molecule has 112 valence electrons. The van der Waals surface area contributed by atoms with Crippen LogP contribution in [0.5, 0.6) is 0 Å². The zero-order chi connectivity index (χ0) is 14.0. The quantitative estimate of drug-likeness (QED) is 0.610. The van der Waals surface area contributed by atoms with Gasteiger partial charge in [0.1, 0.15) is 0 Å². The van der Waals surface area contributed by atoms with Crippen molar-refractivity contribution in [3.05, 3.63) is 35.9 Å². The Balaban J connectivity index is 1.35. The highest BCUT2D eigenvalue weighted by molar-refractivity contribution is 5.13. The Morgan fingerprint density at radius 2 is 1.70 bits per heavy atom. The molecule has 0 spiro atoms. The minimum atomic E-state index is -0.00999. The zero-order valence-corrected chi connectivity index (χ0v) is 12.5. The van der Waals surface area contributed by atoms with Crippen molar-refractivity contribution in [2.45, 2.75) is 64.1 Å². The van der Waals surface area contributed by atoms with E-state index >= 15 is 0 Å². The van der Waals surface area contributed by atoms with Gasteiger partial charge in [0.2, 0.25) is 0 Å². The molecule has 20 heavy (non-hydrogen) atoms. The zero-order valence-electron chi connectivity index (χ0n) is 12.5. The number of hydrogen-bond acceptors (Lipinski definition) is 2. The fourth-order valence-corrected chi connectivity index (χ4v) is 2.57. The van der Waals surface area contributed by atoms with Crippen LogP contribution in [-0.2, 0) is 11.3 Å². The second kappa shape index (κ2) is 9.15. The van der Waals surface area contributed by atoms with Crippen molar-refractivity contribution in [2.24, 2.45) is 5.92 Å². The predicted molar refractivity (Wildman–Crippen MR) is 82.5 cm³/mol. The highest BCUT2D eigenvalue weighted by atomic mass is 16.5. The third-order valence-corrected chi connectivity index (χ3v) is 4.07. The van der Waals surface area contributed by atoms with Crippen LogP contribution in [0.1, 0.15) is 56.9 Å². The van der Waals surface area contributed by atoms with E-state index in [0.29, 0.717) is 5.92 Å². The van der Waals surface area contributed by atoms with E-state index in [4.69, 9.17) is 4.74 Å². The first-order valence-electron chi connectivity index (χ1n) is 8.16. The number of aliphatic hydroxyl groups excluding tert-OH is 1. The molecular weight excluding hydrogens is 248 g/mol. The molecule has 2 rings (SSSR count). The Hall–Kier alpha value is -0.860. The molecule has 1 N–H and O–H groups in total. The monoisotopic (exact) mass is 276 g/mol. The Kier molecular flexibility index (Phi) is 7.10. The summed E-state index contributed by atoms with van der Waals surface area (Å²) >= 11 is 0. The minimum Gasteiger partial charge on any atom is -0.393 e. The molecule has 1 fully saturated rings. The molecule has 1 aromatic rings. The van der Waals surface area contributed by atoms with E-state index in [1.54, 1.807) is 0 Å². The van der Waals surface area contributed by atoms with Gasteiger partial charge in [0, 0.05) is 6.61 Å². The molecule has 2 nitrogen and oxygen atoms in total. The van der Waals surface area contributed by atoms with Gasteiger partial charge in [-0.25, -0.2) is 0 Å². The number of ether oxygens (including phenoxy) is 1. The lowest BCUT2D eigenvalue weighted by Gasteiger charge is -2.08. The standard InChI is InChI=1S/C18H28O2/c19-18(17-12-13-17)11-7-2-1-3-8-14-20-15-16-9-5-4-6-10-16/h4-6,9-10,17-19H,1-3,7-8,11-15H2. The van der Waals surface area contributed by atoms with Gasteiger partial charge in [0.15, 0.2) is 0 Å². The third kappa shape index (κ3) is 6.53. The van der Waals surface area contributed by atoms with Crippen LogP contribution >= 0.6 is 0 Å². The number of unbranched alkanes of at least 4 members (excludes halogenated alkanes) is 4. The molecule has 0 aliphatic heterocycles. The van der Waals surface area contributed by atoms with Crippen molar-refractivity contribution in [3.8, 4) is 0 Å². The fourth-order valence-electron chi connectivity index (χ4n) is 2.57. The summed E-state index contributed by atoms with van der Waals surface area (Å²) < 4.78 is 5.66. The molecule has 0 heterocycles. The van der Waals surface area contributed by atoms with Gasteiger partial charge in [0.25, 0.3) is 0 Å². The molecular formula is C18H28O2. The summed E-state index contributed by atoms with van der Waals surface area (Å²) in [7, 11) is 0. The van der Waals surface area contributed by atoms with E-state index in [1.165, 1.54) is 44.1 Å². The smallest absolute Gasteiger partial charge is 0.0716 e. The van der Waals surface area contributed by atoms with E-state index in [0.717, 1.165) is 26.1 Å². The summed E-state index contributed by atoms with van der Waals surface area (Å²) in [5, 5.41) is 9.75. The lowest BCUT2D eigenvalue weighted by molar-refractivity contribution is 0.116. The summed E-state index contributed by atoms with van der Waals surface area (Å²) in [6, 6.07) is 10.3. The van der Waals surface area contributed by atoms with Crippen LogP contribution in [0.25, 0.3) is 0 Å². The van der Waals surface area contributed by atoms with E-state index in [2.05, 4.69) is 24.3 Å². The molecule has 0 saturated heterocycles. The van der Waals surface area contributed by atoms with Gasteiger partial charge < -0.3 is 9.84 Å². The first-order chi connectivity index (χ1) is 9.86. The van der Waals surface area contributed by atoms with Crippen molar-refractivity contribution in [3.63, 3.8) is 0 Å². The van der Waals surface area contributed by atoms with Gasteiger partial charge >= 0.3 is 0 Å². The van der Waals surface area contributed by atoms with Gasteiger partial charge in [-0.05, 0) is 37.2 Å². The van der Waals surface area contributed by atoms with Crippen LogP contribution in [0, 0.1) is 5.92 Å². The second-order valence-electron chi connectivity index (χ2n) is 6.00. The summed E-state index contributed by atoms with van der Waals surface area (Å²) in [5.41, 5.74) is 1.25. The summed E-state index contributed by atoms with van der Waals surface area (Å²) in [6.07, 6.45) is 9.60. The molecule has 0 radical (unpaired) electrons. The molecule has 0 aromatic heterocycles. The first-order valence-corrected chi connectivity index (χ1v) is 8.16. The van der Waals surface area contributed by atoms with Crippen molar-refractivity contribution in [1.29, 1.82) is 0 Å². The first kappa shape index (κ1) is 15.5. The van der Waals surface area contributed by atoms with E-state index in [-0.39, 0.29) is 6.10 Å². The fraction of sp³-hybridized carbons (Fsp3) is 0.667. The molecule has 1 saturated carbocycles. The number of aliphatic hydroxyl groups is 1. The summed E-state index contributed by atoms with van der Waals surface area (Å²) in [6.45, 7) is 1.59. The Labute approximate surface area is 123 Å². The third-order valence-electron chi connectivity index (χ3n) is 4.07. The Bertz CT molecular complexity index is 346. The van der Waals surface area contributed by atoms with Gasteiger partial charge in [-0.1, -0.05) is 56.0 Å². The highest BCUT2D eigenvalue weighted by Gasteiger charge is 2.28. The average molecular weight is 276 g/mol.